The van der Waals surface area contributed by atoms with Gasteiger partial charge >= 0.3 is 17.9 Å². The van der Waals surface area contributed by atoms with Crippen molar-refractivity contribution in [3.05, 3.63) is 97.2 Å². The first kappa shape index (κ1) is 79.3. The van der Waals surface area contributed by atoms with Crippen molar-refractivity contribution in [1.29, 1.82) is 0 Å². The molecule has 0 aliphatic carbocycles. The van der Waals surface area contributed by atoms with Gasteiger partial charge in [0.05, 0.1) is 0 Å². The van der Waals surface area contributed by atoms with Crippen molar-refractivity contribution in [2.24, 2.45) is 0 Å². The van der Waals surface area contributed by atoms with Gasteiger partial charge < -0.3 is 14.2 Å². The van der Waals surface area contributed by atoms with Crippen LogP contribution < -0.4 is 0 Å². The zero-order chi connectivity index (χ0) is 59.9. The molecule has 0 N–H and O–H groups in total. The molecular weight excluding hydrogens is 1020 g/mol. The lowest BCUT2D eigenvalue weighted by Gasteiger charge is -2.18. The summed E-state index contributed by atoms with van der Waals surface area (Å²) in [4.78, 5) is 38.4. The van der Waals surface area contributed by atoms with E-state index in [-0.39, 0.29) is 37.5 Å². The van der Waals surface area contributed by atoms with Crippen LogP contribution >= 0.6 is 0 Å². The van der Waals surface area contributed by atoms with Crippen LogP contribution in [0.1, 0.15) is 355 Å². The van der Waals surface area contributed by atoms with Gasteiger partial charge in [-0.15, -0.1) is 0 Å². The molecule has 0 heterocycles. The van der Waals surface area contributed by atoms with Crippen LogP contribution in [0.25, 0.3) is 0 Å². The van der Waals surface area contributed by atoms with Crippen molar-refractivity contribution in [3.63, 3.8) is 0 Å². The summed E-state index contributed by atoms with van der Waals surface area (Å²) in [6, 6.07) is 0. The summed E-state index contributed by atoms with van der Waals surface area (Å²) >= 11 is 0. The highest BCUT2D eigenvalue weighted by atomic mass is 16.6. The first-order valence-electron chi connectivity index (χ1n) is 35.7. The monoisotopic (exact) mass is 1160 g/mol. The number of carbonyl (C=O) groups excluding carboxylic acids is 3. The van der Waals surface area contributed by atoms with E-state index < -0.39 is 6.10 Å². The van der Waals surface area contributed by atoms with Crippen molar-refractivity contribution < 1.29 is 28.6 Å². The summed E-state index contributed by atoms with van der Waals surface area (Å²) in [5.74, 6) is -0.971. The Kier molecular flexibility index (Phi) is 67.7. The quantitative estimate of drug-likeness (QED) is 0.0261. The average molecular weight is 1160 g/mol. The third kappa shape index (κ3) is 69.0. The second kappa shape index (κ2) is 70.8. The summed E-state index contributed by atoms with van der Waals surface area (Å²) in [5, 5.41) is 0. The molecule has 0 rings (SSSR count). The molecule has 478 valence electrons. The van der Waals surface area contributed by atoms with Gasteiger partial charge in [0.1, 0.15) is 13.2 Å². The molecule has 83 heavy (non-hydrogen) atoms. The fourth-order valence-corrected chi connectivity index (χ4v) is 10.2. The first-order valence-corrected chi connectivity index (χ1v) is 35.7. The number of unbranched alkanes of at least 4 members (excludes halogenated alkanes) is 38. The predicted molar refractivity (Wildman–Crippen MR) is 362 cm³/mol. The highest BCUT2D eigenvalue weighted by Crippen LogP contribution is 2.17. The largest absolute Gasteiger partial charge is 0.462 e. The van der Waals surface area contributed by atoms with Crippen molar-refractivity contribution >= 4 is 17.9 Å². The SMILES string of the molecule is CC/C=C\C/C=C\C/C=C\C/C=C\CCC(=O)OCC(COC(=O)CCCCCCCCCCCCCCCCCC/C=C\C/C=C\C/C=C\CCCCCCC)OC(=O)CCCCCCCCCCC/C=C\CCCCCCCCCC. The number of hydrogen-bond donors (Lipinski definition) is 0. The molecule has 0 amide bonds. The molecule has 0 saturated carbocycles. The van der Waals surface area contributed by atoms with Crippen molar-refractivity contribution in [1.82, 2.24) is 0 Å². The van der Waals surface area contributed by atoms with Gasteiger partial charge in [-0.3, -0.25) is 14.4 Å². The Morgan fingerprint density at radius 2 is 0.494 bits per heavy atom. The van der Waals surface area contributed by atoms with E-state index in [0.717, 1.165) is 77.0 Å². The highest BCUT2D eigenvalue weighted by Gasteiger charge is 2.19. The lowest BCUT2D eigenvalue weighted by Crippen LogP contribution is -2.30. The van der Waals surface area contributed by atoms with Gasteiger partial charge in [-0.2, -0.15) is 0 Å². The molecule has 1 unspecified atom stereocenters. The Bertz CT molecular complexity index is 1610. The molecular formula is C77H134O6. The standard InChI is InChI=1S/C77H134O6/c1-4-7-10-13-16-19-22-25-27-29-31-33-34-35-36-37-38-39-40-41-42-44-45-47-49-52-55-58-61-64-67-70-76(79)82-73-74(72-81-75(78)69-66-63-60-57-54-51-24-21-18-15-12-9-6-3)83-77(80)71-68-65-62-59-56-53-50-48-46-43-32-30-28-26-23-20-17-14-11-8-5-2/h9,12,18,21-22,25,29-32,34-35,51,54,60,63,74H,4-8,10-11,13-17,19-20,23-24,26-28,33,36-50,52-53,55-59,61-62,64-73H2,1-3H3/b12-9-,21-18-,25-22-,31-29-,32-30-,35-34-,54-51-,63-60-. The third-order valence-corrected chi connectivity index (χ3v) is 15.6. The summed E-state index contributed by atoms with van der Waals surface area (Å²) in [6.07, 6.45) is 96.1. The summed E-state index contributed by atoms with van der Waals surface area (Å²) in [6.45, 7) is 6.49. The molecule has 0 aromatic carbocycles. The Morgan fingerprint density at radius 3 is 0.819 bits per heavy atom. The maximum Gasteiger partial charge on any atom is 0.306 e. The fraction of sp³-hybridized carbons (Fsp3) is 0.753. The molecule has 6 nitrogen and oxygen atoms in total. The normalized spacial score (nSPS) is 12.7. The molecule has 1 atom stereocenters. The van der Waals surface area contributed by atoms with Gasteiger partial charge in [-0.25, -0.2) is 0 Å². The number of hydrogen-bond acceptors (Lipinski definition) is 6. The average Bonchev–Trinajstić information content (AvgIpc) is 3.49. The van der Waals surface area contributed by atoms with E-state index in [1.54, 1.807) is 0 Å². The molecule has 0 aliphatic heterocycles. The molecule has 0 saturated heterocycles. The van der Waals surface area contributed by atoms with Crippen LogP contribution in [0.4, 0.5) is 0 Å². The van der Waals surface area contributed by atoms with Crippen molar-refractivity contribution in [2.45, 2.75) is 361 Å². The van der Waals surface area contributed by atoms with E-state index in [1.807, 2.05) is 6.08 Å². The number of ether oxygens (including phenoxy) is 3. The zero-order valence-corrected chi connectivity index (χ0v) is 54.9. The van der Waals surface area contributed by atoms with Crippen LogP contribution in [0.3, 0.4) is 0 Å². The number of esters is 3. The van der Waals surface area contributed by atoms with Gasteiger partial charge in [0.15, 0.2) is 6.10 Å². The van der Waals surface area contributed by atoms with E-state index in [9.17, 15) is 14.4 Å². The topological polar surface area (TPSA) is 78.9 Å². The Balaban J connectivity index is 4.25. The summed E-state index contributed by atoms with van der Waals surface area (Å²) < 4.78 is 16.9. The number of rotatable bonds is 65. The van der Waals surface area contributed by atoms with Crippen LogP contribution in [0.2, 0.25) is 0 Å². The molecule has 0 bridgehead atoms. The van der Waals surface area contributed by atoms with E-state index in [4.69, 9.17) is 14.2 Å². The first-order chi connectivity index (χ1) is 41.0. The van der Waals surface area contributed by atoms with Gasteiger partial charge in [-0.1, -0.05) is 323 Å². The maximum absolute atomic E-state index is 12.9. The molecule has 0 fully saturated rings. The smallest absolute Gasteiger partial charge is 0.306 e. The van der Waals surface area contributed by atoms with Crippen LogP contribution in [0.15, 0.2) is 97.2 Å². The van der Waals surface area contributed by atoms with Gasteiger partial charge in [0.2, 0.25) is 0 Å². The second-order valence-corrected chi connectivity index (χ2v) is 23.8. The third-order valence-electron chi connectivity index (χ3n) is 15.6. The highest BCUT2D eigenvalue weighted by molar-refractivity contribution is 5.71. The molecule has 0 radical (unpaired) electrons. The van der Waals surface area contributed by atoms with Crippen molar-refractivity contribution in [3.8, 4) is 0 Å². The Morgan fingerprint density at radius 1 is 0.253 bits per heavy atom. The Labute approximate surface area is 515 Å². The lowest BCUT2D eigenvalue weighted by atomic mass is 10.0. The van der Waals surface area contributed by atoms with E-state index >= 15 is 0 Å². The van der Waals surface area contributed by atoms with Crippen LogP contribution in [0.5, 0.6) is 0 Å². The molecule has 0 spiro atoms. The van der Waals surface area contributed by atoms with Crippen LogP contribution in [0, 0.1) is 0 Å². The van der Waals surface area contributed by atoms with Gasteiger partial charge in [0.25, 0.3) is 0 Å². The molecule has 0 aromatic heterocycles. The van der Waals surface area contributed by atoms with Gasteiger partial charge in [0, 0.05) is 19.3 Å². The molecule has 0 aliphatic rings. The molecule has 6 heteroatoms. The van der Waals surface area contributed by atoms with Crippen molar-refractivity contribution in [2.75, 3.05) is 13.2 Å². The summed E-state index contributed by atoms with van der Waals surface area (Å²) in [5.41, 5.74) is 0. The van der Waals surface area contributed by atoms with Crippen LogP contribution in [-0.4, -0.2) is 37.2 Å². The van der Waals surface area contributed by atoms with E-state index in [2.05, 4.69) is 112 Å². The predicted octanol–water partition coefficient (Wildman–Crippen LogP) is 24.8. The lowest BCUT2D eigenvalue weighted by molar-refractivity contribution is -0.166. The van der Waals surface area contributed by atoms with E-state index in [1.165, 1.54) is 231 Å². The summed E-state index contributed by atoms with van der Waals surface area (Å²) in [7, 11) is 0. The minimum Gasteiger partial charge on any atom is -0.462 e. The van der Waals surface area contributed by atoms with Crippen LogP contribution in [-0.2, 0) is 28.6 Å². The second-order valence-electron chi connectivity index (χ2n) is 23.8. The molecule has 0 aromatic rings. The Hall–Kier alpha value is -3.67. The maximum atomic E-state index is 12.9. The zero-order valence-electron chi connectivity index (χ0n) is 54.9. The number of carbonyl (C=O) groups is 3. The minimum atomic E-state index is -0.809. The minimum absolute atomic E-state index is 0.0981. The number of allylic oxidation sites excluding steroid dienone is 16. The van der Waals surface area contributed by atoms with Gasteiger partial charge in [-0.05, 0) is 109 Å². The van der Waals surface area contributed by atoms with E-state index in [0.29, 0.717) is 19.3 Å². The fourth-order valence-electron chi connectivity index (χ4n) is 10.2.